The van der Waals surface area contributed by atoms with Gasteiger partial charge in [-0.3, -0.25) is 0 Å². The summed E-state index contributed by atoms with van der Waals surface area (Å²) < 4.78 is 118. The molecular weight excluding hydrogens is 420 g/mol. The molecule has 0 saturated carbocycles. The molecule has 0 spiro atoms. The lowest BCUT2D eigenvalue weighted by molar-refractivity contribution is -0.0462. The lowest BCUT2D eigenvalue weighted by atomic mass is 10.3. The number of allylic oxidation sites excluding steroid dienone is 1. The van der Waals surface area contributed by atoms with Crippen molar-refractivity contribution in [1.29, 1.82) is 0 Å². The van der Waals surface area contributed by atoms with E-state index < -0.39 is 40.5 Å². The molecule has 0 amide bonds. The SMILES string of the molecule is C/C=C\S.O=S(=O)(N(c1ccccc1)S(=O)(=O)C(F)(F)F)C(F)(F)F. The zero-order valence-electron chi connectivity index (χ0n) is 12.2. The first-order valence-corrected chi connectivity index (χ1v) is 9.27. The average Bonchev–Trinajstić information content (AvgIpc) is 2.46. The molecule has 0 aromatic heterocycles. The molecule has 0 saturated heterocycles. The van der Waals surface area contributed by atoms with E-state index in [0.29, 0.717) is 12.1 Å². The summed E-state index contributed by atoms with van der Waals surface area (Å²) in [6, 6.07) is 3.85. The Balaban J connectivity index is 0.00000129. The highest BCUT2D eigenvalue weighted by molar-refractivity contribution is 8.11. The Morgan fingerprint density at radius 3 is 1.44 bits per heavy atom. The summed E-state index contributed by atoms with van der Waals surface area (Å²) in [6.07, 6.45) is 1.86. The van der Waals surface area contributed by atoms with Gasteiger partial charge in [-0.05, 0) is 24.5 Å². The molecule has 0 heterocycles. The second-order valence-electron chi connectivity index (χ2n) is 3.92. The van der Waals surface area contributed by atoms with Gasteiger partial charge in [-0.25, -0.2) is 0 Å². The predicted octanol–water partition coefficient (Wildman–Crippen LogP) is 3.64. The van der Waals surface area contributed by atoms with Crippen LogP contribution in [0, 0.1) is 0 Å². The minimum atomic E-state index is -6.81. The van der Waals surface area contributed by atoms with E-state index in [1.807, 2.05) is 13.0 Å². The van der Waals surface area contributed by atoms with Gasteiger partial charge in [-0.15, -0.1) is 3.71 Å². The summed E-state index contributed by atoms with van der Waals surface area (Å²) in [4.78, 5) is 0. The molecule has 0 fully saturated rings. The minimum Gasteiger partial charge on any atom is -0.196 e. The van der Waals surface area contributed by atoms with Crippen LogP contribution in [0.25, 0.3) is 0 Å². The van der Waals surface area contributed by atoms with Gasteiger partial charge in [0.1, 0.15) is 0 Å². The van der Waals surface area contributed by atoms with Gasteiger partial charge in [-0.2, -0.15) is 55.8 Å². The van der Waals surface area contributed by atoms with Crippen molar-refractivity contribution in [3.05, 3.63) is 41.8 Å². The molecule has 0 bridgehead atoms. The van der Waals surface area contributed by atoms with Crippen molar-refractivity contribution < 1.29 is 43.2 Å². The average molecular weight is 431 g/mol. The van der Waals surface area contributed by atoms with Crippen LogP contribution in [0.15, 0.2) is 41.8 Å². The molecule has 0 N–H and O–H groups in total. The standard InChI is InChI=1S/C8H5F6NO4S2.C3H6S/c9-7(10,11)20(16,17)15(6-4-2-1-3-5-6)21(18,19)8(12,13)14;1-2-3-4/h1-5H;2-4H,1H3/b;3-2-. The molecule has 0 aliphatic heterocycles. The second kappa shape index (κ2) is 8.31. The summed E-state index contributed by atoms with van der Waals surface area (Å²) in [5.74, 6) is 0. The fraction of sp³-hybridized carbons (Fsp3) is 0.273. The minimum absolute atomic E-state index is 0.479. The van der Waals surface area contributed by atoms with Crippen LogP contribution < -0.4 is 3.71 Å². The van der Waals surface area contributed by atoms with Gasteiger partial charge < -0.3 is 0 Å². The molecule has 0 aliphatic rings. The van der Waals surface area contributed by atoms with Crippen molar-refractivity contribution in [2.24, 2.45) is 0 Å². The Bertz CT molecular complexity index is 737. The quantitative estimate of drug-likeness (QED) is 0.586. The largest absolute Gasteiger partial charge is 0.517 e. The number of alkyl halides is 6. The number of nitrogens with zero attached hydrogens (tertiary/aromatic N) is 1. The fourth-order valence-corrected chi connectivity index (χ4v) is 3.86. The molecule has 14 heteroatoms. The number of thiol groups is 1. The molecule has 5 nitrogen and oxygen atoms in total. The summed E-state index contributed by atoms with van der Waals surface area (Å²) in [6.45, 7) is 1.92. The molecule has 1 rings (SSSR count). The van der Waals surface area contributed by atoms with E-state index in [1.165, 1.54) is 0 Å². The third kappa shape index (κ3) is 5.54. The lowest BCUT2D eigenvalue weighted by Gasteiger charge is -2.25. The fourth-order valence-electron chi connectivity index (χ4n) is 1.14. The summed E-state index contributed by atoms with van der Waals surface area (Å²) in [5, 5.41) is 1.69. The lowest BCUT2D eigenvalue weighted by Crippen LogP contribution is -2.49. The van der Waals surface area contributed by atoms with Crippen LogP contribution in [-0.2, 0) is 20.0 Å². The van der Waals surface area contributed by atoms with Crippen LogP contribution in [0.1, 0.15) is 6.92 Å². The molecule has 144 valence electrons. The Labute approximate surface area is 145 Å². The molecule has 25 heavy (non-hydrogen) atoms. The number of hydrogen-bond donors (Lipinski definition) is 1. The van der Waals surface area contributed by atoms with E-state index in [0.717, 1.165) is 18.2 Å². The number of anilines is 1. The van der Waals surface area contributed by atoms with Crippen molar-refractivity contribution in [2.45, 2.75) is 17.9 Å². The Morgan fingerprint density at radius 1 is 0.880 bits per heavy atom. The number of rotatable bonds is 3. The van der Waals surface area contributed by atoms with Gasteiger partial charge in [0.25, 0.3) is 0 Å². The van der Waals surface area contributed by atoms with Crippen molar-refractivity contribution in [3.63, 3.8) is 0 Å². The highest BCUT2D eigenvalue weighted by Crippen LogP contribution is 2.38. The number of para-hydroxylation sites is 1. The molecule has 0 radical (unpaired) electrons. The third-order valence-electron chi connectivity index (χ3n) is 2.14. The van der Waals surface area contributed by atoms with Gasteiger partial charge in [0, 0.05) is 0 Å². The van der Waals surface area contributed by atoms with Crippen molar-refractivity contribution in [2.75, 3.05) is 3.71 Å². The van der Waals surface area contributed by atoms with Crippen LogP contribution in [-0.4, -0.2) is 27.9 Å². The third-order valence-corrected chi connectivity index (χ3v) is 6.08. The normalized spacial score (nSPS) is 13.3. The van der Waals surface area contributed by atoms with E-state index >= 15 is 0 Å². The van der Waals surface area contributed by atoms with E-state index in [-0.39, 0.29) is 0 Å². The zero-order valence-corrected chi connectivity index (χ0v) is 14.7. The van der Waals surface area contributed by atoms with Gasteiger partial charge in [0.15, 0.2) is 0 Å². The number of hydrogen-bond acceptors (Lipinski definition) is 5. The van der Waals surface area contributed by atoms with Gasteiger partial charge in [0.2, 0.25) is 0 Å². The zero-order chi connectivity index (χ0) is 20.1. The van der Waals surface area contributed by atoms with E-state index in [2.05, 4.69) is 12.6 Å². The monoisotopic (exact) mass is 431 g/mol. The number of benzene rings is 1. The maximum absolute atomic E-state index is 12.4. The van der Waals surface area contributed by atoms with E-state index in [4.69, 9.17) is 0 Å². The number of sulfonamides is 2. The predicted molar refractivity (Wildman–Crippen MR) is 82.7 cm³/mol. The molecule has 1 aromatic rings. The highest BCUT2D eigenvalue weighted by Gasteiger charge is 2.61. The first kappa shape index (κ1) is 23.6. The highest BCUT2D eigenvalue weighted by atomic mass is 32.3. The Morgan fingerprint density at radius 2 is 1.20 bits per heavy atom. The summed E-state index contributed by atoms with van der Waals surface area (Å²) in [7, 11) is -13.6. The van der Waals surface area contributed by atoms with Crippen LogP contribution in [0.2, 0.25) is 0 Å². The van der Waals surface area contributed by atoms with Crippen LogP contribution in [0.3, 0.4) is 0 Å². The molecule has 0 atom stereocenters. The van der Waals surface area contributed by atoms with Crippen LogP contribution >= 0.6 is 12.6 Å². The van der Waals surface area contributed by atoms with E-state index in [1.54, 1.807) is 5.41 Å². The van der Waals surface area contributed by atoms with Crippen LogP contribution in [0.5, 0.6) is 0 Å². The Hall–Kier alpha value is -1.41. The first-order chi connectivity index (χ1) is 11.1. The summed E-state index contributed by atoms with van der Waals surface area (Å²) in [5.41, 5.74) is -13.8. The number of halogens is 6. The van der Waals surface area contributed by atoms with E-state index in [9.17, 15) is 43.2 Å². The first-order valence-electron chi connectivity index (χ1n) is 5.88. The Kier molecular flexibility index (Phi) is 7.84. The maximum atomic E-state index is 12.4. The maximum Gasteiger partial charge on any atom is 0.517 e. The molecule has 1 aromatic carbocycles. The molecule has 0 aliphatic carbocycles. The van der Waals surface area contributed by atoms with Gasteiger partial charge in [0.05, 0.1) is 5.69 Å². The smallest absolute Gasteiger partial charge is 0.196 e. The molecule has 0 unspecified atom stereocenters. The topological polar surface area (TPSA) is 71.5 Å². The van der Waals surface area contributed by atoms with Crippen molar-refractivity contribution in [1.82, 2.24) is 0 Å². The molecular formula is C11H11F6NO4S3. The van der Waals surface area contributed by atoms with Gasteiger partial charge >= 0.3 is 31.1 Å². The van der Waals surface area contributed by atoms with Crippen molar-refractivity contribution >= 4 is 38.4 Å². The van der Waals surface area contributed by atoms with Crippen LogP contribution in [0.4, 0.5) is 32.0 Å². The second-order valence-corrected chi connectivity index (χ2v) is 8.00. The van der Waals surface area contributed by atoms with Crippen molar-refractivity contribution in [3.8, 4) is 0 Å². The van der Waals surface area contributed by atoms with Gasteiger partial charge in [-0.1, -0.05) is 24.3 Å². The summed E-state index contributed by atoms with van der Waals surface area (Å²) >= 11 is 3.74.